The van der Waals surface area contributed by atoms with Gasteiger partial charge in [-0.25, -0.2) is 4.39 Å². The van der Waals surface area contributed by atoms with Crippen molar-refractivity contribution in [3.8, 4) is 0 Å². The number of rotatable bonds is 5. The summed E-state index contributed by atoms with van der Waals surface area (Å²) in [4.78, 5) is 1.91. The zero-order valence-corrected chi connectivity index (χ0v) is 11.4. The van der Waals surface area contributed by atoms with Crippen LogP contribution in [0.4, 0.5) is 15.8 Å². The first-order chi connectivity index (χ1) is 9.16. The molecule has 0 atom stereocenters. The maximum atomic E-state index is 13.6. The SMILES string of the molecule is Cc1cccc(NCCN(C)c2ccccc2F)c1. The van der Waals surface area contributed by atoms with Gasteiger partial charge in [0.05, 0.1) is 5.69 Å². The molecule has 0 aliphatic rings. The van der Waals surface area contributed by atoms with Crippen LogP contribution in [-0.4, -0.2) is 20.1 Å². The monoisotopic (exact) mass is 258 g/mol. The summed E-state index contributed by atoms with van der Waals surface area (Å²) in [6.07, 6.45) is 0. The Morgan fingerprint density at radius 3 is 2.63 bits per heavy atom. The molecule has 2 aromatic rings. The average Bonchev–Trinajstić information content (AvgIpc) is 2.39. The number of anilines is 2. The lowest BCUT2D eigenvalue weighted by atomic mass is 10.2. The fourth-order valence-corrected chi connectivity index (χ4v) is 2.00. The second kappa shape index (κ2) is 6.23. The smallest absolute Gasteiger partial charge is 0.146 e. The lowest BCUT2D eigenvalue weighted by molar-refractivity contribution is 0.623. The molecule has 2 rings (SSSR count). The molecular weight excluding hydrogens is 239 g/mol. The minimum Gasteiger partial charge on any atom is -0.383 e. The lowest BCUT2D eigenvalue weighted by Crippen LogP contribution is -2.25. The number of hydrogen-bond acceptors (Lipinski definition) is 2. The number of nitrogens with one attached hydrogen (secondary N) is 1. The summed E-state index contributed by atoms with van der Waals surface area (Å²) in [6, 6.07) is 15.1. The van der Waals surface area contributed by atoms with Crippen LogP contribution in [0.15, 0.2) is 48.5 Å². The predicted octanol–water partition coefficient (Wildman–Crippen LogP) is 3.68. The maximum absolute atomic E-state index is 13.6. The Morgan fingerprint density at radius 2 is 1.89 bits per heavy atom. The van der Waals surface area contributed by atoms with Crippen molar-refractivity contribution in [3.05, 3.63) is 59.9 Å². The van der Waals surface area contributed by atoms with Crippen molar-refractivity contribution >= 4 is 11.4 Å². The highest BCUT2D eigenvalue weighted by atomic mass is 19.1. The zero-order valence-electron chi connectivity index (χ0n) is 11.4. The highest BCUT2D eigenvalue weighted by Gasteiger charge is 2.05. The Balaban J connectivity index is 1.88. The minimum atomic E-state index is -0.180. The van der Waals surface area contributed by atoms with Gasteiger partial charge in [-0.1, -0.05) is 24.3 Å². The Morgan fingerprint density at radius 1 is 1.11 bits per heavy atom. The van der Waals surface area contributed by atoms with Crippen molar-refractivity contribution in [2.24, 2.45) is 0 Å². The van der Waals surface area contributed by atoms with Crippen LogP contribution in [0, 0.1) is 12.7 Å². The number of nitrogens with zero attached hydrogens (tertiary/aromatic N) is 1. The van der Waals surface area contributed by atoms with E-state index in [2.05, 4.69) is 24.4 Å². The molecule has 0 saturated heterocycles. The van der Waals surface area contributed by atoms with Crippen molar-refractivity contribution in [3.63, 3.8) is 0 Å². The van der Waals surface area contributed by atoms with Crippen LogP contribution in [0.25, 0.3) is 0 Å². The van der Waals surface area contributed by atoms with E-state index in [1.165, 1.54) is 11.6 Å². The van der Waals surface area contributed by atoms with Gasteiger partial charge in [0.25, 0.3) is 0 Å². The molecule has 1 N–H and O–H groups in total. The number of benzene rings is 2. The van der Waals surface area contributed by atoms with E-state index in [4.69, 9.17) is 0 Å². The van der Waals surface area contributed by atoms with Gasteiger partial charge >= 0.3 is 0 Å². The maximum Gasteiger partial charge on any atom is 0.146 e. The van der Waals surface area contributed by atoms with E-state index in [1.54, 1.807) is 12.1 Å². The van der Waals surface area contributed by atoms with Crippen LogP contribution in [0.1, 0.15) is 5.56 Å². The van der Waals surface area contributed by atoms with Crippen molar-refractivity contribution in [1.29, 1.82) is 0 Å². The Kier molecular flexibility index (Phi) is 4.39. The number of likely N-dealkylation sites (N-methyl/N-ethyl adjacent to an activating group) is 1. The van der Waals surface area contributed by atoms with Crippen LogP contribution in [0.2, 0.25) is 0 Å². The minimum absolute atomic E-state index is 0.180. The summed E-state index contributed by atoms with van der Waals surface area (Å²) in [5, 5.41) is 3.34. The third-order valence-corrected chi connectivity index (χ3v) is 3.06. The third kappa shape index (κ3) is 3.71. The summed E-state index contributed by atoms with van der Waals surface area (Å²) < 4.78 is 13.6. The predicted molar refractivity (Wildman–Crippen MR) is 79.3 cm³/mol. The average molecular weight is 258 g/mol. The molecule has 0 fully saturated rings. The number of aryl methyl sites for hydroxylation is 1. The van der Waals surface area contributed by atoms with E-state index < -0.39 is 0 Å². The fourth-order valence-electron chi connectivity index (χ4n) is 2.00. The molecule has 2 nitrogen and oxygen atoms in total. The van der Waals surface area contributed by atoms with E-state index in [0.29, 0.717) is 5.69 Å². The van der Waals surface area contributed by atoms with Gasteiger partial charge in [-0.15, -0.1) is 0 Å². The second-order valence-electron chi connectivity index (χ2n) is 4.67. The molecule has 0 heterocycles. The van der Waals surface area contributed by atoms with Crippen LogP contribution < -0.4 is 10.2 Å². The van der Waals surface area contributed by atoms with Gasteiger partial charge in [0.1, 0.15) is 5.82 Å². The Bertz CT molecular complexity index is 540. The summed E-state index contributed by atoms with van der Waals surface area (Å²) in [6.45, 7) is 3.58. The van der Waals surface area contributed by atoms with Gasteiger partial charge in [0.15, 0.2) is 0 Å². The molecule has 0 radical (unpaired) electrons. The fraction of sp³-hybridized carbons (Fsp3) is 0.250. The standard InChI is InChI=1S/C16H19FN2/c1-13-6-5-7-14(12-13)18-10-11-19(2)16-9-4-3-8-15(16)17/h3-9,12,18H,10-11H2,1-2H3. The molecule has 0 aromatic heterocycles. The van der Waals surface area contributed by atoms with Crippen LogP contribution >= 0.6 is 0 Å². The molecule has 0 bridgehead atoms. The summed E-state index contributed by atoms with van der Waals surface area (Å²) in [5.41, 5.74) is 2.96. The van der Waals surface area contributed by atoms with Gasteiger partial charge in [0.2, 0.25) is 0 Å². The number of halogens is 1. The van der Waals surface area contributed by atoms with E-state index in [0.717, 1.165) is 18.8 Å². The van der Waals surface area contributed by atoms with E-state index in [-0.39, 0.29) is 5.82 Å². The molecule has 100 valence electrons. The zero-order chi connectivity index (χ0) is 13.7. The lowest BCUT2D eigenvalue weighted by Gasteiger charge is -2.20. The van der Waals surface area contributed by atoms with Gasteiger partial charge in [0, 0.05) is 25.8 Å². The molecular formula is C16H19FN2. The van der Waals surface area contributed by atoms with Crippen molar-refractivity contribution < 1.29 is 4.39 Å². The molecule has 0 amide bonds. The quantitative estimate of drug-likeness (QED) is 0.880. The first-order valence-electron chi connectivity index (χ1n) is 6.43. The first-order valence-corrected chi connectivity index (χ1v) is 6.43. The number of para-hydroxylation sites is 1. The largest absolute Gasteiger partial charge is 0.383 e. The topological polar surface area (TPSA) is 15.3 Å². The van der Waals surface area contributed by atoms with Gasteiger partial charge < -0.3 is 10.2 Å². The molecule has 3 heteroatoms. The molecule has 0 aliphatic heterocycles. The molecule has 0 aliphatic carbocycles. The highest BCUT2D eigenvalue weighted by Crippen LogP contribution is 2.16. The first kappa shape index (κ1) is 13.4. The van der Waals surface area contributed by atoms with Crippen molar-refractivity contribution in [1.82, 2.24) is 0 Å². The molecule has 0 unspecified atom stereocenters. The van der Waals surface area contributed by atoms with Crippen molar-refractivity contribution in [2.75, 3.05) is 30.4 Å². The van der Waals surface area contributed by atoms with E-state index in [1.807, 2.05) is 30.1 Å². The summed E-state index contributed by atoms with van der Waals surface area (Å²) in [5.74, 6) is -0.180. The summed E-state index contributed by atoms with van der Waals surface area (Å²) in [7, 11) is 1.90. The molecule has 0 spiro atoms. The Hall–Kier alpha value is -2.03. The van der Waals surface area contributed by atoms with E-state index in [9.17, 15) is 4.39 Å². The van der Waals surface area contributed by atoms with Gasteiger partial charge in [-0.2, -0.15) is 0 Å². The third-order valence-electron chi connectivity index (χ3n) is 3.06. The van der Waals surface area contributed by atoms with Crippen LogP contribution in [0.3, 0.4) is 0 Å². The van der Waals surface area contributed by atoms with Gasteiger partial charge in [-0.05, 0) is 36.8 Å². The van der Waals surface area contributed by atoms with Crippen LogP contribution in [0.5, 0.6) is 0 Å². The molecule has 2 aromatic carbocycles. The van der Waals surface area contributed by atoms with Crippen molar-refractivity contribution in [2.45, 2.75) is 6.92 Å². The summed E-state index contributed by atoms with van der Waals surface area (Å²) >= 11 is 0. The second-order valence-corrected chi connectivity index (χ2v) is 4.67. The molecule has 19 heavy (non-hydrogen) atoms. The number of hydrogen-bond donors (Lipinski definition) is 1. The van der Waals surface area contributed by atoms with Gasteiger partial charge in [-0.3, -0.25) is 0 Å². The van der Waals surface area contributed by atoms with E-state index >= 15 is 0 Å². The highest BCUT2D eigenvalue weighted by molar-refractivity contribution is 5.48. The molecule has 0 saturated carbocycles. The Labute approximate surface area is 113 Å². The van der Waals surface area contributed by atoms with Crippen LogP contribution in [-0.2, 0) is 0 Å². The normalized spacial score (nSPS) is 10.3.